The maximum Gasteiger partial charge on any atom is 0.231 e. The van der Waals surface area contributed by atoms with Crippen molar-refractivity contribution in [1.29, 1.82) is 0 Å². The summed E-state index contributed by atoms with van der Waals surface area (Å²) < 4.78 is 5.84. The number of hydrogen-bond acceptors (Lipinski definition) is 7. The lowest BCUT2D eigenvalue weighted by atomic mass is 9.98. The van der Waals surface area contributed by atoms with E-state index in [2.05, 4.69) is 20.3 Å². The molecule has 1 fully saturated rings. The Kier molecular flexibility index (Phi) is 5.34. The molecule has 7 nitrogen and oxygen atoms in total. The fraction of sp³-hybridized carbons (Fsp3) is 0.769. The second kappa shape index (κ2) is 7.23. The van der Waals surface area contributed by atoms with E-state index in [1.807, 2.05) is 14.1 Å². The third kappa shape index (κ3) is 4.48. The van der Waals surface area contributed by atoms with E-state index in [9.17, 15) is 0 Å². The van der Waals surface area contributed by atoms with Crippen LogP contribution in [0.2, 0.25) is 0 Å². The van der Waals surface area contributed by atoms with E-state index < -0.39 is 0 Å². The molecule has 1 aliphatic carbocycles. The first-order valence-corrected chi connectivity index (χ1v) is 7.19. The lowest BCUT2D eigenvalue weighted by Crippen LogP contribution is -2.22. The van der Waals surface area contributed by atoms with Gasteiger partial charge in [-0.05, 0) is 12.8 Å². The quantitative estimate of drug-likeness (QED) is 0.759. The van der Waals surface area contributed by atoms with Gasteiger partial charge in [0.1, 0.15) is 0 Å². The lowest BCUT2D eigenvalue weighted by molar-refractivity contribution is 0.0347. The molecule has 7 heteroatoms. The molecule has 1 aromatic heterocycles. The van der Waals surface area contributed by atoms with Crippen LogP contribution >= 0.6 is 0 Å². The molecular formula is C13H24N6O. The molecule has 20 heavy (non-hydrogen) atoms. The van der Waals surface area contributed by atoms with Gasteiger partial charge in [0.05, 0.1) is 12.7 Å². The molecule has 0 bridgehead atoms. The van der Waals surface area contributed by atoms with Crippen LogP contribution < -0.4 is 16.0 Å². The van der Waals surface area contributed by atoms with Crippen molar-refractivity contribution in [2.45, 2.75) is 38.2 Å². The standard InChI is InChI=1S/C13H24N6O/c1-19(2)13-17-11(14)16-12(18-13)15-8-9-20-10-6-4-3-5-7-10/h10H,3-9H2,1-2H3,(H3,14,15,16,17,18). The Bertz CT molecular complexity index is 419. The third-order valence-corrected chi connectivity index (χ3v) is 3.33. The summed E-state index contributed by atoms with van der Waals surface area (Å²) in [6.07, 6.45) is 6.71. The summed E-state index contributed by atoms with van der Waals surface area (Å²) in [6, 6.07) is 0. The van der Waals surface area contributed by atoms with Gasteiger partial charge < -0.3 is 20.7 Å². The fourth-order valence-corrected chi connectivity index (χ4v) is 2.28. The molecule has 0 unspecified atom stereocenters. The number of nitrogens with one attached hydrogen (secondary N) is 1. The Morgan fingerprint density at radius 1 is 1.20 bits per heavy atom. The van der Waals surface area contributed by atoms with Crippen LogP contribution in [0.1, 0.15) is 32.1 Å². The molecule has 1 saturated carbocycles. The number of nitrogens with zero attached hydrogens (tertiary/aromatic N) is 4. The Labute approximate surface area is 119 Å². The smallest absolute Gasteiger partial charge is 0.231 e. The average molecular weight is 280 g/mol. The third-order valence-electron chi connectivity index (χ3n) is 3.33. The molecule has 1 heterocycles. The first-order chi connectivity index (χ1) is 9.65. The summed E-state index contributed by atoms with van der Waals surface area (Å²) >= 11 is 0. The number of ether oxygens (including phenoxy) is 1. The molecule has 0 amide bonds. The molecule has 0 aromatic carbocycles. The minimum absolute atomic E-state index is 0.222. The van der Waals surface area contributed by atoms with Gasteiger partial charge in [-0.2, -0.15) is 15.0 Å². The zero-order valence-corrected chi connectivity index (χ0v) is 12.3. The Morgan fingerprint density at radius 3 is 2.65 bits per heavy atom. The Morgan fingerprint density at radius 2 is 1.95 bits per heavy atom. The lowest BCUT2D eigenvalue weighted by Gasteiger charge is -2.22. The minimum atomic E-state index is 0.222. The van der Waals surface area contributed by atoms with Crippen LogP contribution in [0.4, 0.5) is 17.8 Å². The first kappa shape index (κ1) is 14.8. The Balaban J connectivity index is 1.75. The molecule has 3 N–H and O–H groups in total. The predicted molar refractivity (Wildman–Crippen MR) is 79.9 cm³/mol. The van der Waals surface area contributed by atoms with Gasteiger partial charge in [-0.3, -0.25) is 0 Å². The van der Waals surface area contributed by atoms with E-state index in [1.54, 1.807) is 4.90 Å². The van der Waals surface area contributed by atoms with Gasteiger partial charge in [-0.15, -0.1) is 0 Å². The van der Waals surface area contributed by atoms with Crippen LogP contribution in [-0.4, -0.2) is 48.3 Å². The molecule has 2 rings (SSSR count). The van der Waals surface area contributed by atoms with Crippen molar-refractivity contribution in [3.8, 4) is 0 Å². The first-order valence-electron chi connectivity index (χ1n) is 7.19. The van der Waals surface area contributed by atoms with Gasteiger partial charge in [0.25, 0.3) is 0 Å². The normalized spacial score (nSPS) is 16.1. The molecule has 112 valence electrons. The van der Waals surface area contributed by atoms with Crippen LogP contribution in [0.25, 0.3) is 0 Å². The summed E-state index contributed by atoms with van der Waals surface area (Å²) in [4.78, 5) is 14.2. The second-order valence-corrected chi connectivity index (χ2v) is 5.27. The second-order valence-electron chi connectivity index (χ2n) is 5.27. The van der Waals surface area contributed by atoms with Gasteiger partial charge in [-0.25, -0.2) is 0 Å². The Hall–Kier alpha value is -1.63. The number of rotatable bonds is 6. The highest BCUT2D eigenvalue weighted by atomic mass is 16.5. The summed E-state index contributed by atoms with van der Waals surface area (Å²) in [5.41, 5.74) is 5.66. The molecule has 1 aliphatic rings. The summed E-state index contributed by atoms with van der Waals surface area (Å²) in [7, 11) is 3.73. The van der Waals surface area contributed by atoms with E-state index in [-0.39, 0.29) is 5.95 Å². The van der Waals surface area contributed by atoms with E-state index in [1.165, 1.54) is 32.1 Å². The van der Waals surface area contributed by atoms with Crippen LogP contribution in [0.5, 0.6) is 0 Å². The molecule has 0 saturated heterocycles. The monoisotopic (exact) mass is 280 g/mol. The number of hydrogen-bond donors (Lipinski definition) is 2. The van der Waals surface area contributed by atoms with Crippen LogP contribution in [0.3, 0.4) is 0 Å². The maximum absolute atomic E-state index is 5.84. The zero-order chi connectivity index (χ0) is 14.4. The van der Waals surface area contributed by atoms with Crippen LogP contribution in [0, 0.1) is 0 Å². The SMILES string of the molecule is CN(C)c1nc(N)nc(NCCOC2CCCCC2)n1. The van der Waals surface area contributed by atoms with Crippen molar-refractivity contribution in [2.24, 2.45) is 0 Å². The summed E-state index contributed by atoms with van der Waals surface area (Å²) in [6.45, 7) is 1.33. The van der Waals surface area contributed by atoms with E-state index in [0.29, 0.717) is 31.2 Å². The summed E-state index contributed by atoms with van der Waals surface area (Å²) in [5.74, 6) is 1.26. The van der Waals surface area contributed by atoms with E-state index in [0.717, 1.165) is 0 Å². The van der Waals surface area contributed by atoms with E-state index >= 15 is 0 Å². The number of anilines is 3. The number of aromatic nitrogens is 3. The van der Waals surface area contributed by atoms with Crippen LogP contribution in [-0.2, 0) is 4.74 Å². The average Bonchev–Trinajstić information content (AvgIpc) is 2.44. The fourth-order valence-electron chi connectivity index (χ4n) is 2.28. The minimum Gasteiger partial charge on any atom is -0.376 e. The number of nitrogens with two attached hydrogens (primary N) is 1. The number of nitrogen functional groups attached to an aromatic ring is 1. The van der Waals surface area contributed by atoms with Gasteiger partial charge in [0.2, 0.25) is 17.8 Å². The largest absolute Gasteiger partial charge is 0.376 e. The van der Waals surface area contributed by atoms with Crippen molar-refractivity contribution in [1.82, 2.24) is 15.0 Å². The molecular weight excluding hydrogens is 256 g/mol. The molecule has 0 radical (unpaired) electrons. The van der Waals surface area contributed by atoms with Crippen molar-refractivity contribution in [2.75, 3.05) is 43.2 Å². The zero-order valence-electron chi connectivity index (χ0n) is 12.3. The van der Waals surface area contributed by atoms with Gasteiger partial charge >= 0.3 is 0 Å². The highest BCUT2D eigenvalue weighted by Gasteiger charge is 2.13. The van der Waals surface area contributed by atoms with Crippen LogP contribution in [0.15, 0.2) is 0 Å². The van der Waals surface area contributed by atoms with Crippen molar-refractivity contribution >= 4 is 17.8 Å². The molecule has 0 atom stereocenters. The maximum atomic E-state index is 5.84. The topological polar surface area (TPSA) is 89.2 Å². The molecule has 0 spiro atoms. The predicted octanol–water partition coefficient (Wildman–Crippen LogP) is 1.28. The molecule has 1 aromatic rings. The van der Waals surface area contributed by atoms with Gasteiger partial charge in [0.15, 0.2) is 0 Å². The van der Waals surface area contributed by atoms with Crippen molar-refractivity contribution in [3.05, 3.63) is 0 Å². The van der Waals surface area contributed by atoms with Crippen molar-refractivity contribution < 1.29 is 4.74 Å². The highest BCUT2D eigenvalue weighted by molar-refractivity contribution is 5.40. The van der Waals surface area contributed by atoms with Gasteiger partial charge in [-0.1, -0.05) is 19.3 Å². The van der Waals surface area contributed by atoms with Gasteiger partial charge in [0, 0.05) is 20.6 Å². The van der Waals surface area contributed by atoms with E-state index in [4.69, 9.17) is 10.5 Å². The summed E-state index contributed by atoms with van der Waals surface area (Å²) in [5, 5.41) is 3.13. The highest BCUT2D eigenvalue weighted by Crippen LogP contribution is 2.20. The van der Waals surface area contributed by atoms with Crippen molar-refractivity contribution in [3.63, 3.8) is 0 Å². The molecule has 0 aliphatic heterocycles.